The van der Waals surface area contributed by atoms with Crippen molar-refractivity contribution in [2.75, 3.05) is 19.8 Å². The van der Waals surface area contributed by atoms with Crippen molar-refractivity contribution in [1.29, 1.82) is 0 Å². The lowest BCUT2D eigenvalue weighted by Crippen LogP contribution is -2.47. The summed E-state index contributed by atoms with van der Waals surface area (Å²) >= 11 is 0. The molecule has 1 saturated heterocycles. The lowest BCUT2D eigenvalue weighted by molar-refractivity contribution is -0.125. The second-order valence-electron chi connectivity index (χ2n) is 7.12. The Morgan fingerprint density at radius 1 is 1.35 bits per heavy atom. The summed E-state index contributed by atoms with van der Waals surface area (Å²) in [6.07, 6.45) is 3.38. The molecule has 2 rings (SSSR count). The van der Waals surface area contributed by atoms with Crippen LogP contribution in [0.2, 0.25) is 0 Å². The fraction of sp³-hybridized carbons (Fsp3) is 0.812. The van der Waals surface area contributed by atoms with Crippen molar-refractivity contribution in [3.8, 4) is 0 Å². The zero-order chi connectivity index (χ0) is 15.0. The summed E-state index contributed by atoms with van der Waals surface area (Å²) in [5, 5.41) is 13.3. The van der Waals surface area contributed by atoms with Crippen LogP contribution in [0.4, 0.5) is 0 Å². The Hall–Kier alpha value is -0.870. The highest BCUT2D eigenvalue weighted by Crippen LogP contribution is 2.59. The van der Waals surface area contributed by atoms with Crippen molar-refractivity contribution in [3.63, 3.8) is 0 Å². The first-order chi connectivity index (χ1) is 9.26. The van der Waals surface area contributed by atoms with Gasteiger partial charge in [-0.3, -0.25) is 4.79 Å². The highest BCUT2D eigenvalue weighted by atomic mass is 16.5. The predicted octanol–water partition coefficient (Wildman–Crippen LogP) is 1.88. The molecule has 0 spiro atoms. The summed E-state index contributed by atoms with van der Waals surface area (Å²) in [6.45, 7) is 9.87. The standard InChI is InChI=1S/C16H27NO3/c1-11(2)9-12-13(15(12,3)4)14(18)17-10-16(19)5-7-20-8-6-16/h9,12-13,19H,5-8,10H2,1-4H3,(H,17,18)/t12-,13-/m0/s1. The smallest absolute Gasteiger partial charge is 0.224 e. The van der Waals surface area contributed by atoms with Crippen LogP contribution in [0, 0.1) is 17.3 Å². The molecule has 4 nitrogen and oxygen atoms in total. The average molecular weight is 281 g/mol. The Bertz CT molecular complexity index is 404. The van der Waals surface area contributed by atoms with E-state index in [-0.39, 0.29) is 17.2 Å². The number of rotatable bonds is 4. The van der Waals surface area contributed by atoms with E-state index in [0.29, 0.717) is 38.5 Å². The Balaban J connectivity index is 1.88. The van der Waals surface area contributed by atoms with Crippen molar-refractivity contribution < 1.29 is 14.6 Å². The Morgan fingerprint density at radius 2 is 1.95 bits per heavy atom. The zero-order valence-electron chi connectivity index (χ0n) is 13.0. The van der Waals surface area contributed by atoms with Gasteiger partial charge in [0.1, 0.15) is 0 Å². The van der Waals surface area contributed by atoms with E-state index >= 15 is 0 Å². The maximum absolute atomic E-state index is 12.3. The third-order valence-electron chi connectivity index (χ3n) is 4.72. The van der Waals surface area contributed by atoms with Crippen LogP contribution in [0.3, 0.4) is 0 Å². The van der Waals surface area contributed by atoms with E-state index in [9.17, 15) is 9.90 Å². The van der Waals surface area contributed by atoms with Crippen molar-refractivity contribution >= 4 is 5.91 Å². The molecule has 114 valence electrons. The van der Waals surface area contributed by atoms with Gasteiger partial charge in [-0.05, 0) is 25.2 Å². The maximum Gasteiger partial charge on any atom is 0.224 e. The molecule has 2 aliphatic rings. The molecule has 2 fully saturated rings. The van der Waals surface area contributed by atoms with Gasteiger partial charge in [0.25, 0.3) is 0 Å². The molecule has 1 amide bonds. The molecule has 0 unspecified atom stereocenters. The second-order valence-corrected chi connectivity index (χ2v) is 7.12. The van der Waals surface area contributed by atoms with Crippen LogP contribution >= 0.6 is 0 Å². The molecule has 2 atom stereocenters. The summed E-state index contributed by atoms with van der Waals surface area (Å²) in [6, 6.07) is 0. The second kappa shape index (κ2) is 5.49. The first-order valence-electron chi connectivity index (χ1n) is 7.49. The van der Waals surface area contributed by atoms with E-state index in [1.54, 1.807) is 0 Å². The van der Waals surface area contributed by atoms with E-state index in [1.165, 1.54) is 5.57 Å². The number of hydrogen-bond donors (Lipinski definition) is 2. The molecule has 2 N–H and O–H groups in total. The van der Waals surface area contributed by atoms with Gasteiger partial charge < -0.3 is 15.2 Å². The fourth-order valence-corrected chi connectivity index (χ4v) is 3.14. The molecule has 1 aliphatic carbocycles. The number of nitrogens with one attached hydrogen (secondary N) is 1. The van der Waals surface area contributed by atoms with Crippen molar-refractivity contribution in [1.82, 2.24) is 5.32 Å². The minimum Gasteiger partial charge on any atom is -0.388 e. The molecule has 0 bridgehead atoms. The monoisotopic (exact) mass is 281 g/mol. The molecule has 4 heteroatoms. The minimum atomic E-state index is -0.793. The van der Waals surface area contributed by atoms with Gasteiger partial charge in [0.2, 0.25) is 5.91 Å². The lowest BCUT2D eigenvalue weighted by atomic mass is 9.94. The third kappa shape index (κ3) is 3.23. The fourth-order valence-electron chi connectivity index (χ4n) is 3.14. The highest BCUT2D eigenvalue weighted by molar-refractivity contribution is 5.83. The topological polar surface area (TPSA) is 58.6 Å². The van der Waals surface area contributed by atoms with Crippen LogP contribution in [0.1, 0.15) is 40.5 Å². The van der Waals surface area contributed by atoms with E-state index in [0.717, 1.165) is 0 Å². The Kier molecular flexibility index (Phi) is 4.26. The first-order valence-corrected chi connectivity index (χ1v) is 7.49. The van der Waals surface area contributed by atoms with Gasteiger partial charge in [0.15, 0.2) is 0 Å². The van der Waals surface area contributed by atoms with Gasteiger partial charge in [-0.15, -0.1) is 0 Å². The highest BCUT2D eigenvalue weighted by Gasteiger charge is 2.60. The summed E-state index contributed by atoms with van der Waals surface area (Å²) < 4.78 is 5.24. The minimum absolute atomic E-state index is 0.0274. The number of carbonyl (C=O) groups is 1. The number of allylic oxidation sites excluding steroid dienone is 2. The molecule has 0 aromatic rings. The van der Waals surface area contributed by atoms with Gasteiger partial charge >= 0.3 is 0 Å². The SMILES string of the molecule is CC(C)=C[C@H]1[C@@H](C(=O)NCC2(O)CCOCC2)C1(C)C. The van der Waals surface area contributed by atoms with Crippen LogP contribution in [-0.2, 0) is 9.53 Å². The zero-order valence-corrected chi connectivity index (χ0v) is 13.0. The van der Waals surface area contributed by atoms with Crippen molar-refractivity contribution in [3.05, 3.63) is 11.6 Å². The lowest BCUT2D eigenvalue weighted by Gasteiger charge is -2.32. The molecular formula is C16H27NO3. The molecule has 0 aromatic heterocycles. The van der Waals surface area contributed by atoms with Gasteiger partial charge in [-0.25, -0.2) is 0 Å². The van der Waals surface area contributed by atoms with Crippen LogP contribution in [0.25, 0.3) is 0 Å². The van der Waals surface area contributed by atoms with Crippen LogP contribution < -0.4 is 5.32 Å². The predicted molar refractivity (Wildman–Crippen MR) is 78.2 cm³/mol. The third-order valence-corrected chi connectivity index (χ3v) is 4.72. The summed E-state index contributed by atoms with van der Waals surface area (Å²) in [4.78, 5) is 12.3. The summed E-state index contributed by atoms with van der Waals surface area (Å²) in [5.41, 5.74) is 0.486. The Morgan fingerprint density at radius 3 is 2.50 bits per heavy atom. The van der Waals surface area contributed by atoms with Crippen LogP contribution in [0.5, 0.6) is 0 Å². The first kappa shape index (κ1) is 15.5. The molecule has 1 heterocycles. The molecular weight excluding hydrogens is 254 g/mol. The van der Waals surface area contributed by atoms with E-state index in [1.807, 2.05) is 0 Å². The van der Waals surface area contributed by atoms with Crippen LogP contribution in [0.15, 0.2) is 11.6 Å². The number of ether oxygens (including phenoxy) is 1. The van der Waals surface area contributed by atoms with Gasteiger partial charge in [0.05, 0.1) is 11.5 Å². The van der Waals surface area contributed by atoms with Crippen molar-refractivity contribution in [2.24, 2.45) is 17.3 Å². The maximum atomic E-state index is 12.3. The van der Waals surface area contributed by atoms with E-state index in [2.05, 4.69) is 39.1 Å². The summed E-state index contributed by atoms with van der Waals surface area (Å²) in [5.74, 6) is 0.412. The van der Waals surface area contributed by atoms with Gasteiger partial charge in [-0.1, -0.05) is 25.5 Å². The molecule has 1 saturated carbocycles. The van der Waals surface area contributed by atoms with E-state index < -0.39 is 5.60 Å². The molecule has 1 aliphatic heterocycles. The number of amides is 1. The number of aliphatic hydroxyl groups is 1. The Labute approximate surface area is 121 Å². The van der Waals surface area contributed by atoms with Crippen molar-refractivity contribution in [2.45, 2.75) is 46.1 Å². The quantitative estimate of drug-likeness (QED) is 0.774. The van der Waals surface area contributed by atoms with E-state index in [4.69, 9.17) is 4.74 Å². The largest absolute Gasteiger partial charge is 0.388 e. The average Bonchev–Trinajstić information content (AvgIpc) is 2.88. The molecule has 20 heavy (non-hydrogen) atoms. The number of hydrogen-bond acceptors (Lipinski definition) is 3. The van der Waals surface area contributed by atoms with Gasteiger partial charge in [0, 0.05) is 32.6 Å². The van der Waals surface area contributed by atoms with Gasteiger partial charge in [-0.2, -0.15) is 0 Å². The summed E-state index contributed by atoms with van der Waals surface area (Å²) in [7, 11) is 0. The van der Waals surface area contributed by atoms with Crippen LogP contribution in [-0.4, -0.2) is 36.4 Å². The number of carbonyl (C=O) groups excluding carboxylic acids is 1. The molecule has 0 radical (unpaired) electrons. The normalized spacial score (nSPS) is 30.4. The molecule has 0 aromatic carbocycles.